The van der Waals surface area contributed by atoms with E-state index in [1.54, 1.807) is 7.11 Å². The van der Waals surface area contributed by atoms with Crippen molar-refractivity contribution in [2.24, 2.45) is 5.92 Å². The first-order valence-corrected chi connectivity index (χ1v) is 6.63. The Morgan fingerprint density at radius 3 is 2.58 bits per heavy atom. The van der Waals surface area contributed by atoms with Crippen LogP contribution < -0.4 is 4.74 Å². The molecule has 1 fully saturated rings. The van der Waals surface area contributed by atoms with E-state index in [0.717, 1.165) is 36.3 Å². The van der Waals surface area contributed by atoms with E-state index in [4.69, 9.17) is 4.74 Å². The van der Waals surface area contributed by atoms with Gasteiger partial charge < -0.3 is 9.64 Å². The Kier molecular flexibility index (Phi) is 4.38. The van der Waals surface area contributed by atoms with Crippen LogP contribution >= 0.6 is 0 Å². The normalized spacial score (nSPS) is 21.4. The summed E-state index contributed by atoms with van der Waals surface area (Å²) in [5.74, 6) is 1.31. The molecule has 2 rings (SSSR count). The summed E-state index contributed by atoms with van der Waals surface area (Å²) in [7, 11) is 5.68. The molecule has 0 radical (unpaired) electrons. The summed E-state index contributed by atoms with van der Waals surface area (Å²) in [4.78, 5) is 14.3. The van der Waals surface area contributed by atoms with Crippen LogP contribution in [0.25, 0.3) is 6.08 Å². The van der Waals surface area contributed by atoms with Gasteiger partial charge in [-0.1, -0.05) is 12.1 Å². The Bertz CT molecular complexity index is 474. The Hall–Kier alpha value is -1.61. The van der Waals surface area contributed by atoms with Crippen LogP contribution in [0.15, 0.2) is 29.8 Å². The molecule has 3 heteroatoms. The highest BCUT2D eigenvalue weighted by molar-refractivity contribution is 6.03. The molecule has 1 unspecified atom stereocenters. The Balaban J connectivity index is 2.09. The zero-order valence-electron chi connectivity index (χ0n) is 11.8. The van der Waals surface area contributed by atoms with Gasteiger partial charge in [0.05, 0.1) is 7.11 Å². The fourth-order valence-corrected chi connectivity index (χ4v) is 2.51. The van der Waals surface area contributed by atoms with Gasteiger partial charge in [-0.2, -0.15) is 0 Å². The highest BCUT2D eigenvalue weighted by atomic mass is 16.5. The lowest BCUT2D eigenvalue weighted by Gasteiger charge is -2.13. The number of benzene rings is 1. The summed E-state index contributed by atoms with van der Waals surface area (Å²) in [5.41, 5.74) is 2.02. The molecule has 1 aliphatic rings. The second-order valence-electron chi connectivity index (χ2n) is 5.30. The van der Waals surface area contributed by atoms with Crippen molar-refractivity contribution in [3.05, 3.63) is 35.4 Å². The third kappa shape index (κ3) is 3.44. The van der Waals surface area contributed by atoms with E-state index in [9.17, 15) is 4.79 Å². The molecule has 0 N–H and O–H groups in total. The van der Waals surface area contributed by atoms with Crippen molar-refractivity contribution in [3.63, 3.8) is 0 Å². The third-order valence-electron chi connectivity index (χ3n) is 3.49. The van der Waals surface area contributed by atoms with E-state index < -0.39 is 0 Å². The van der Waals surface area contributed by atoms with Gasteiger partial charge in [0, 0.05) is 12.5 Å². The number of hydrogen-bond acceptors (Lipinski definition) is 3. The number of carbonyl (C=O) groups is 1. The first kappa shape index (κ1) is 13.8. The number of rotatable bonds is 4. The molecule has 0 saturated heterocycles. The molecule has 1 aromatic rings. The predicted octanol–water partition coefficient (Wildman–Crippen LogP) is 2.62. The number of methoxy groups -OCH3 is 1. The number of carbonyl (C=O) groups excluding carboxylic acids is 1. The van der Waals surface area contributed by atoms with Crippen molar-refractivity contribution in [3.8, 4) is 5.75 Å². The molecule has 19 heavy (non-hydrogen) atoms. The Morgan fingerprint density at radius 2 is 2.00 bits per heavy atom. The lowest BCUT2D eigenvalue weighted by Crippen LogP contribution is -2.24. The van der Waals surface area contributed by atoms with E-state index in [1.165, 1.54) is 0 Å². The monoisotopic (exact) mass is 259 g/mol. The van der Waals surface area contributed by atoms with Crippen molar-refractivity contribution < 1.29 is 9.53 Å². The van der Waals surface area contributed by atoms with E-state index in [2.05, 4.69) is 4.90 Å². The van der Waals surface area contributed by atoms with Crippen LogP contribution in [-0.4, -0.2) is 38.4 Å². The standard InChI is InChI=1S/C16H21NO2/c1-17(2)11-14-7-6-13(16(14)18)10-12-4-8-15(19-3)9-5-12/h4-5,8-10,14H,6-7,11H2,1-3H3/b13-10-. The van der Waals surface area contributed by atoms with Gasteiger partial charge in [-0.3, -0.25) is 4.79 Å². The first-order valence-electron chi connectivity index (χ1n) is 6.63. The maximum absolute atomic E-state index is 12.2. The van der Waals surface area contributed by atoms with E-state index in [1.807, 2.05) is 44.4 Å². The van der Waals surface area contributed by atoms with Crippen LogP contribution in [-0.2, 0) is 4.79 Å². The van der Waals surface area contributed by atoms with E-state index in [-0.39, 0.29) is 5.92 Å². The maximum Gasteiger partial charge on any atom is 0.163 e. The van der Waals surface area contributed by atoms with E-state index >= 15 is 0 Å². The summed E-state index contributed by atoms with van der Waals surface area (Å²) in [6.45, 7) is 0.846. The molecule has 0 amide bonds. The number of ether oxygens (including phenoxy) is 1. The fourth-order valence-electron chi connectivity index (χ4n) is 2.51. The van der Waals surface area contributed by atoms with Crippen LogP contribution in [0.4, 0.5) is 0 Å². The molecule has 1 aliphatic carbocycles. The predicted molar refractivity (Wildman–Crippen MR) is 77.3 cm³/mol. The van der Waals surface area contributed by atoms with Gasteiger partial charge in [0.25, 0.3) is 0 Å². The van der Waals surface area contributed by atoms with Crippen molar-refractivity contribution in [1.82, 2.24) is 4.90 Å². The molecule has 0 spiro atoms. The number of allylic oxidation sites excluding steroid dienone is 1. The summed E-state index contributed by atoms with van der Waals surface area (Å²) >= 11 is 0. The van der Waals surface area contributed by atoms with Gasteiger partial charge in [-0.15, -0.1) is 0 Å². The van der Waals surface area contributed by atoms with Crippen LogP contribution in [0, 0.1) is 5.92 Å². The molecule has 1 saturated carbocycles. The summed E-state index contributed by atoms with van der Waals surface area (Å²) in [5, 5.41) is 0. The molecule has 1 aromatic carbocycles. The van der Waals surface area contributed by atoms with Crippen LogP contribution in [0.3, 0.4) is 0 Å². The third-order valence-corrected chi connectivity index (χ3v) is 3.49. The topological polar surface area (TPSA) is 29.5 Å². The number of nitrogens with zero attached hydrogens (tertiary/aromatic N) is 1. The molecule has 102 valence electrons. The zero-order valence-corrected chi connectivity index (χ0v) is 11.8. The highest BCUT2D eigenvalue weighted by Crippen LogP contribution is 2.29. The minimum atomic E-state index is 0.166. The summed E-state index contributed by atoms with van der Waals surface area (Å²) in [6.07, 6.45) is 3.87. The Labute approximate surface area is 114 Å². The largest absolute Gasteiger partial charge is 0.497 e. The van der Waals surface area contributed by atoms with Crippen LogP contribution in [0.1, 0.15) is 18.4 Å². The lowest BCUT2D eigenvalue weighted by atomic mass is 10.0. The molecule has 0 heterocycles. The average Bonchev–Trinajstić information content (AvgIpc) is 2.72. The van der Waals surface area contributed by atoms with Gasteiger partial charge in [0.15, 0.2) is 5.78 Å². The van der Waals surface area contributed by atoms with Gasteiger partial charge in [-0.05, 0) is 56.3 Å². The lowest BCUT2D eigenvalue weighted by molar-refractivity contribution is -0.118. The number of Topliss-reactive ketones (excluding diaryl/α,β-unsaturated/α-hetero) is 1. The smallest absolute Gasteiger partial charge is 0.163 e. The zero-order chi connectivity index (χ0) is 13.8. The molecular weight excluding hydrogens is 238 g/mol. The minimum absolute atomic E-state index is 0.166. The summed E-state index contributed by atoms with van der Waals surface area (Å²) in [6, 6.07) is 7.81. The molecule has 3 nitrogen and oxygen atoms in total. The highest BCUT2D eigenvalue weighted by Gasteiger charge is 2.29. The number of ketones is 1. The average molecular weight is 259 g/mol. The molecule has 0 bridgehead atoms. The second-order valence-corrected chi connectivity index (χ2v) is 5.30. The second kappa shape index (κ2) is 6.02. The molecule has 1 atom stereocenters. The van der Waals surface area contributed by atoms with Crippen LogP contribution in [0.2, 0.25) is 0 Å². The molecule has 0 aliphatic heterocycles. The van der Waals surface area contributed by atoms with Crippen LogP contribution in [0.5, 0.6) is 5.75 Å². The van der Waals surface area contributed by atoms with E-state index in [0.29, 0.717) is 5.78 Å². The van der Waals surface area contributed by atoms with Crippen molar-refractivity contribution in [1.29, 1.82) is 0 Å². The van der Waals surface area contributed by atoms with Gasteiger partial charge in [0.2, 0.25) is 0 Å². The quantitative estimate of drug-likeness (QED) is 0.778. The fraction of sp³-hybridized carbons (Fsp3) is 0.438. The SMILES string of the molecule is COc1ccc(/C=C2/CCC(CN(C)C)C2=O)cc1. The molecule has 0 aromatic heterocycles. The van der Waals surface area contributed by atoms with Crippen molar-refractivity contribution in [2.75, 3.05) is 27.7 Å². The van der Waals surface area contributed by atoms with Crippen molar-refractivity contribution in [2.45, 2.75) is 12.8 Å². The number of hydrogen-bond donors (Lipinski definition) is 0. The van der Waals surface area contributed by atoms with Gasteiger partial charge in [-0.25, -0.2) is 0 Å². The summed E-state index contributed by atoms with van der Waals surface area (Å²) < 4.78 is 5.13. The first-order chi connectivity index (χ1) is 9.10. The van der Waals surface area contributed by atoms with Gasteiger partial charge in [0.1, 0.15) is 5.75 Å². The molecular formula is C16H21NO2. The Morgan fingerprint density at radius 1 is 1.32 bits per heavy atom. The maximum atomic E-state index is 12.2. The minimum Gasteiger partial charge on any atom is -0.497 e. The van der Waals surface area contributed by atoms with Crippen molar-refractivity contribution >= 4 is 11.9 Å². The van der Waals surface area contributed by atoms with Gasteiger partial charge >= 0.3 is 0 Å².